The minimum absolute atomic E-state index is 0.0785. The monoisotopic (exact) mass is 673 g/mol. The molecule has 0 aliphatic heterocycles. The highest BCUT2D eigenvalue weighted by molar-refractivity contribution is 8.02. The molecule has 0 radical (unpaired) electrons. The average Bonchev–Trinajstić information content (AvgIpc) is 3.04. The van der Waals surface area contributed by atoms with E-state index < -0.39 is 5.25 Å². The maximum Gasteiger partial charge on any atom is 0.176 e. The van der Waals surface area contributed by atoms with Crippen molar-refractivity contribution in [1.29, 1.82) is 0 Å². The first-order valence-electron chi connectivity index (χ1n) is 15.3. The molecular weight excluding hydrogens is 637 g/mol. The summed E-state index contributed by atoms with van der Waals surface area (Å²) in [6.07, 6.45) is 11.6. The van der Waals surface area contributed by atoms with Crippen LogP contribution in [0.5, 0.6) is 0 Å². The third-order valence-corrected chi connectivity index (χ3v) is 12.7. The lowest BCUT2D eigenvalue weighted by atomic mass is 9.85. The fraction of sp³-hybridized carbons (Fsp3) is 0.429. The first kappa shape index (κ1) is 32.8. The number of ketones is 1. The molecule has 2 aliphatic carbocycles. The van der Waals surface area contributed by atoms with Crippen molar-refractivity contribution in [2.45, 2.75) is 91.1 Å². The highest BCUT2D eigenvalue weighted by Crippen LogP contribution is 2.47. The predicted molar refractivity (Wildman–Crippen MR) is 186 cm³/mol. The van der Waals surface area contributed by atoms with E-state index in [1.54, 1.807) is 12.1 Å². The van der Waals surface area contributed by atoms with Crippen molar-refractivity contribution < 1.29 is 10.0 Å². The van der Waals surface area contributed by atoms with Crippen LogP contribution in [0.2, 0.25) is 15.1 Å². The molecule has 0 aromatic heterocycles. The summed E-state index contributed by atoms with van der Waals surface area (Å²) in [6, 6.07) is 22.6. The van der Waals surface area contributed by atoms with E-state index >= 15 is 0 Å². The predicted octanol–water partition coefficient (Wildman–Crippen LogP) is 11.4. The molecule has 0 unspecified atom stereocenters. The molecule has 3 aromatic carbocycles. The van der Waals surface area contributed by atoms with Crippen LogP contribution in [0.4, 0.5) is 0 Å². The summed E-state index contributed by atoms with van der Waals surface area (Å²) in [7, 11) is 0. The van der Waals surface area contributed by atoms with Gasteiger partial charge in [0.25, 0.3) is 0 Å². The number of nitrogens with zero attached hydrogens (tertiary/aromatic N) is 1. The van der Waals surface area contributed by atoms with Crippen LogP contribution in [0.15, 0.2) is 78.0 Å². The van der Waals surface area contributed by atoms with Gasteiger partial charge in [-0.15, -0.1) is 23.5 Å². The Hall–Kier alpha value is -1.63. The molecular formula is C35H38Cl3NO2S2. The normalized spacial score (nSPS) is 19.1. The fourth-order valence-corrected chi connectivity index (χ4v) is 10.4. The molecule has 43 heavy (non-hydrogen) atoms. The molecule has 3 atom stereocenters. The molecule has 0 bridgehead atoms. The van der Waals surface area contributed by atoms with Crippen LogP contribution in [-0.2, 0) is 0 Å². The summed E-state index contributed by atoms with van der Waals surface area (Å²) in [5.41, 5.74) is 3.04. The number of oxime groups is 1. The Balaban J connectivity index is 1.66. The molecule has 3 nitrogen and oxygen atoms in total. The molecule has 1 N–H and O–H groups in total. The van der Waals surface area contributed by atoms with E-state index in [1.165, 1.54) is 38.5 Å². The molecule has 0 saturated heterocycles. The third kappa shape index (κ3) is 8.76. The zero-order valence-electron chi connectivity index (χ0n) is 24.1. The first-order chi connectivity index (χ1) is 20.9. The smallest absolute Gasteiger partial charge is 0.176 e. The summed E-state index contributed by atoms with van der Waals surface area (Å²) in [4.78, 5) is 14.7. The van der Waals surface area contributed by atoms with Gasteiger partial charge in [0, 0.05) is 42.6 Å². The zero-order chi connectivity index (χ0) is 30.2. The second-order valence-electron chi connectivity index (χ2n) is 11.6. The van der Waals surface area contributed by atoms with Crippen LogP contribution in [0.25, 0.3) is 0 Å². The van der Waals surface area contributed by atoms with E-state index in [1.807, 2.05) is 84.2 Å². The van der Waals surface area contributed by atoms with Crippen molar-refractivity contribution in [3.05, 3.63) is 105 Å². The number of halogens is 3. The highest BCUT2D eigenvalue weighted by atomic mass is 35.5. The topological polar surface area (TPSA) is 49.7 Å². The SMILES string of the molecule is O=C(c1ccc(Cl)cc1)[C@@H](SC1CCCCC1)[C@@H](c1ccc(Cl)cc1)[C@H](SC1CCCCC1)/C(=N/O)c1ccc(Cl)cc1. The molecule has 5 rings (SSSR count). The van der Waals surface area contributed by atoms with Crippen LogP contribution in [0.3, 0.4) is 0 Å². The molecule has 3 aromatic rings. The number of hydrogen-bond acceptors (Lipinski definition) is 5. The summed E-state index contributed by atoms with van der Waals surface area (Å²) >= 11 is 22.6. The van der Waals surface area contributed by atoms with Crippen LogP contribution in [-0.4, -0.2) is 37.7 Å². The lowest BCUT2D eigenvalue weighted by molar-refractivity contribution is 0.0981. The van der Waals surface area contributed by atoms with Gasteiger partial charge in [-0.3, -0.25) is 4.79 Å². The summed E-state index contributed by atoms with van der Waals surface area (Å²) in [6.45, 7) is 0. The largest absolute Gasteiger partial charge is 0.411 e. The van der Waals surface area contributed by atoms with E-state index in [4.69, 9.17) is 34.8 Å². The minimum atomic E-state index is -0.407. The maximum absolute atomic E-state index is 14.7. The molecule has 0 heterocycles. The maximum atomic E-state index is 14.7. The third-order valence-electron chi connectivity index (χ3n) is 8.59. The van der Waals surface area contributed by atoms with Crippen LogP contribution < -0.4 is 0 Å². The van der Waals surface area contributed by atoms with Gasteiger partial charge in [-0.05, 0) is 79.8 Å². The average molecular weight is 675 g/mol. The van der Waals surface area contributed by atoms with Crippen molar-refractivity contribution in [1.82, 2.24) is 0 Å². The molecule has 2 fully saturated rings. The van der Waals surface area contributed by atoms with Gasteiger partial charge in [-0.25, -0.2) is 0 Å². The Bertz CT molecular complexity index is 1350. The van der Waals surface area contributed by atoms with E-state index in [2.05, 4.69) is 5.16 Å². The summed E-state index contributed by atoms with van der Waals surface area (Å²) in [5, 5.41) is 16.6. The summed E-state index contributed by atoms with van der Waals surface area (Å²) in [5.74, 6) is -0.198. The second-order valence-corrected chi connectivity index (χ2v) is 15.8. The standard InChI is InChI=1S/C35H38Cl3NO2S2/c36-26-17-11-23(12-18-26)31(35(43-30-9-5-2-6-10-30)33(40)25-15-21-28(38)22-16-25)34(42-29-7-3-1-4-8-29)32(39-41)24-13-19-27(37)20-14-24/h11-22,29-31,34-35,41H,1-10H2/b39-32+/t31-,34-,35-/m0/s1. The van der Waals surface area contributed by atoms with Gasteiger partial charge in [-0.1, -0.05) is 103 Å². The lowest BCUT2D eigenvalue weighted by Gasteiger charge is -2.38. The Kier molecular flexibility index (Phi) is 12.3. The van der Waals surface area contributed by atoms with Gasteiger partial charge in [0.2, 0.25) is 0 Å². The highest BCUT2D eigenvalue weighted by Gasteiger charge is 2.42. The molecule has 2 saturated carbocycles. The van der Waals surface area contributed by atoms with Gasteiger partial charge >= 0.3 is 0 Å². The van der Waals surface area contributed by atoms with Crippen molar-refractivity contribution in [3.8, 4) is 0 Å². The zero-order valence-corrected chi connectivity index (χ0v) is 28.0. The van der Waals surface area contributed by atoms with Crippen LogP contribution in [0, 0.1) is 0 Å². The number of benzene rings is 3. The molecule has 0 spiro atoms. The van der Waals surface area contributed by atoms with Gasteiger partial charge in [0.15, 0.2) is 5.78 Å². The van der Waals surface area contributed by atoms with Crippen molar-refractivity contribution in [2.75, 3.05) is 0 Å². The quantitative estimate of drug-likeness (QED) is 0.0952. The molecule has 8 heteroatoms. The molecule has 2 aliphatic rings. The number of carbonyl (C=O) groups excluding carboxylic acids is 1. The second kappa shape index (κ2) is 16.1. The number of thioether (sulfide) groups is 2. The molecule has 228 valence electrons. The van der Waals surface area contributed by atoms with E-state index in [0.29, 0.717) is 36.8 Å². The summed E-state index contributed by atoms with van der Waals surface area (Å²) < 4.78 is 0. The van der Waals surface area contributed by atoms with E-state index in [0.717, 1.165) is 36.8 Å². The van der Waals surface area contributed by atoms with Crippen molar-refractivity contribution >= 4 is 69.8 Å². The Morgan fingerprint density at radius 2 is 1.05 bits per heavy atom. The lowest BCUT2D eigenvalue weighted by Crippen LogP contribution is -2.39. The number of hydrogen-bond donors (Lipinski definition) is 1. The van der Waals surface area contributed by atoms with Gasteiger partial charge in [0.05, 0.1) is 10.5 Å². The number of carbonyl (C=O) groups is 1. The van der Waals surface area contributed by atoms with Gasteiger partial charge in [-0.2, -0.15) is 0 Å². The first-order valence-corrected chi connectivity index (χ1v) is 18.3. The fourth-order valence-electron chi connectivity index (χ4n) is 6.32. The Morgan fingerprint density at radius 1 is 0.628 bits per heavy atom. The number of Topliss-reactive ketones (excluding diaryl/α,β-unsaturated/α-hetero) is 1. The minimum Gasteiger partial charge on any atom is -0.411 e. The Labute approximate surface area is 279 Å². The van der Waals surface area contributed by atoms with Gasteiger partial charge in [0.1, 0.15) is 5.71 Å². The molecule has 0 amide bonds. The van der Waals surface area contributed by atoms with Crippen molar-refractivity contribution in [2.24, 2.45) is 5.16 Å². The van der Waals surface area contributed by atoms with Crippen molar-refractivity contribution in [3.63, 3.8) is 0 Å². The number of rotatable bonds is 11. The van der Waals surface area contributed by atoms with E-state index in [9.17, 15) is 10.0 Å². The van der Waals surface area contributed by atoms with Gasteiger partial charge < -0.3 is 5.21 Å². The van der Waals surface area contributed by atoms with Crippen LogP contribution >= 0.6 is 58.3 Å². The van der Waals surface area contributed by atoms with Crippen LogP contribution in [0.1, 0.15) is 91.6 Å². The van der Waals surface area contributed by atoms with E-state index in [-0.39, 0.29) is 17.0 Å². The Morgan fingerprint density at radius 3 is 1.51 bits per heavy atom.